The predicted molar refractivity (Wildman–Crippen MR) is 35.3 cm³/mol. The molecule has 0 radical (unpaired) electrons. The topological polar surface area (TPSA) is 18.5 Å². The van der Waals surface area contributed by atoms with E-state index < -0.39 is 17.5 Å². The van der Waals surface area contributed by atoms with Crippen molar-refractivity contribution in [3.05, 3.63) is 0 Å². The molecule has 2 unspecified atom stereocenters. The van der Waals surface area contributed by atoms with Gasteiger partial charge < -0.3 is 9.47 Å². The first kappa shape index (κ1) is 8.87. The Morgan fingerprint density at radius 2 is 1.09 bits per heavy atom. The van der Waals surface area contributed by atoms with Crippen molar-refractivity contribution < 1.29 is 18.3 Å². The second-order valence-corrected chi connectivity index (χ2v) is 3.44. The van der Waals surface area contributed by atoms with Crippen LogP contribution < -0.4 is 0 Å². The third-order valence-corrected chi connectivity index (χ3v) is 1.67. The zero-order valence-electron chi connectivity index (χ0n) is 7.07. The molecule has 0 amide bonds. The molecule has 1 aliphatic rings. The smallest absolute Gasteiger partial charge is 0.267 e. The maximum absolute atomic E-state index is 13.2. The van der Waals surface area contributed by atoms with Crippen molar-refractivity contribution in [2.75, 3.05) is 0 Å². The third-order valence-electron chi connectivity index (χ3n) is 1.67. The van der Waals surface area contributed by atoms with Gasteiger partial charge in [0, 0.05) is 13.8 Å². The fraction of sp³-hybridized carbons (Fsp3) is 1.00. The largest absolute Gasteiger partial charge is 0.309 e. The molecule has 2 nitrogen and oxygen atoms in total. The van der Waals surface area contributed by atoms with Gasteiger partial charge in [-0.15, -0.1) is 0 Å². The molecule has 66 valence electrons. The van der Waals surface area contributed by atoms with Crippen LogP contribution in [0.15, 0.2) is 0 Å². The van der Waals surface area contributed by atoms with Crippen molar-refractivity contribution in [1.29, 1.82) is 0 Å². The van der Waals surface area contributed by atoms with E-state index in [2.05, 4.69) is 9.47 Å². The van der Waals surface area contributed by atoms with Gasteiger partial charge in [-0.2, -0.15) is 0 Å². The van der Waals surface area contributed by atoms with Crippen molar-refractivity contribution >= 4 is 0 Å². The highest BCUT2D eigenvalue weighted by Crippen LogP contribution is 2.45. The van der Waals surface area contributed by atoms with E-state index in [1.165, 1.54) is 13.8 Å². The first-order valence-corrected chi connectivity index (χ1v) is 3.44. The lowest BCUT2D eigenvalue weighted by atomic mass is 10.2. The summed E-state index contributed by atoms with van der Waals surface area (Å²) in [6.45, 7) is 4.97. The molecule has 0 bridgehead atoms. The van der Waals surface area contributed by atoms with E-state index in [0.29, 0.717) is 0 Å². The van der Waals surface area contributed by atoms with Crippen LogP contribution in [0.4, 0.5) is 8.78 Å². The first-order chi connectivity index (χ1) is 4.66. The van der Waals surface area contributed by atoms with Gasteiger partial charge in [0.2, 0.25) is 0 Å². The van der Waals surface area contributed by atoms with E-state index >= 15 is 0 Å². The van der Waals surface area contributed by atoms with Gasteiger partial charge in [0.15, 0.2) is 5.79 Å². The SMILES string of the molecule is CC1(C)OC(C)(F)C(C)(F)O1. The van der Waals surface area contributed by atoms with Crippen LogP contribution in [0, 0.1) is 0 Å². The molecule has 1 rings (SSSR count). The number of ether oxygens (including phenoxy) is 2. The van der Waals surface area contributed by atoms with Gasteiger partial charge in [-0.1, -0.05) is 0 Å². The summed E-state index contributed by atoms with van der Waals surface area (Å²) >= 11 is 0. The van der Waals surface area contributed by atoms with Crippen LogP contribution in [0.2, 0.25) is 0 Å². The number of rotatable bonds is 0. The first-order valence-electron chi connectivity index (χ1n) is 3.44. The average molecular weight is 166 g/mol. The Kier molecular flexibility index (Phi) is 1.55. The summed E-state index contributed by atoms with van der Waals surface area (Å²) in [6.07, 6.45) is 0. The van der Waals surface area contributed by atoms with E-state index in [0.717, 1.165) is 13.8 Å². The van der Waals surface area contributed by atoms with Crippen LogP contribution in [0.1, 0.15) is 27.7 Å². The van der Waals surface area contributed by atoms with Gasteiger partial charge >= 0.3 is 0 Å². The summed E-state index contributed by atoms with van der Waals surface area (Å²) < 4.78 is 35.7. The van der Waals surface area contributed by atoms with Crippen LogP contribution in [0.5, 0.6) is 0 Å². The van der Waals surface area contributed by atoms with E-state index in [9.17, 15) is 8.78 Å². The van der Waals surface area contributed by atoms with Crippen LogP contribution in [-0.4, -0.2) is 17.5 Å². The molecule has 1 heterocycles. The summed E-state index contributed by atoms with van der Waals surface area (Å²) in [7, 11) is 0. The highest BCUT2D eigenvalue weighted by Gasteiger charge is 2.60. The Bertz CT molecular complexity index is 157. The third kappa shape index (κ3) is 1.37. The molecule has 11 heavy (non-hydrogen) atoms. The van der Waals surface area contributed by atoms with Crippen molar-refractivity contribution in [3.8, 4) is 0 Å². The predicted octanol–water partition coefficient (Wildman–Crippen LogP) is 2.14. The molecule has 1 fully saturated rings. The normalized spacial score (nSPS) is 49.6. The molecule has 2 atom stereocenters. The van der Waals surface area contributed by atoms with Crippen molar-refractivity contribution in [2.45, 2.75) is 45.2 Å². The zero-order chi connectivity index (χ0) is 8.91. The fourth-order valence-electron chi connectivity index (χ4n) is 1.13. The van der Waals surface area contributed by atoms with Crippen molar-refractivity contribution in [2.24, 2.45) is 0 Å². The minimum absolute atomic E-state index is 1.02. The van der Waals surface area contributed by atoms with Gasteiger partial charge in [0.05, 0.1) is 0 Å². The maximum atomic E-state index is 13.2. The highest BCUT2D eigenvalue weighted by atomic mass is 19.2. The molecule has 4 heteroatoms. The lowest BCUT2D eigenvalue weighted by Gasteiger charge is -2.21. The summed E-state index contributed by atoms with van der Waals surface area (Å²) in [5.74, 6) is -5.92. The average Bonchev–Trinajstić information content (AvgIpc) is 1.66. The molecule has 1 saturated heterocycles. The lowest BCUT2D eigenvalue weighted by molar-refractivity contribution is -0.191. The van der Waals surface area contributed by atoms with Crippen LogP contribution in [-0.2, 0) is 9.47 Å². The zero-order valence-corrected chi connectivity index (χ0v) is 7.07. The Morgan fingerprint density at radius 1 is 0.818 bits per heavy atom. The molecular weight excluding hydrogens is 154 g/mol. The number of halogens is 2. The molecule has 0 aromatic rings. The van der Waals surface area contributed by atoms with Crippen molar-refractivity contribution in [1.82, 2.24) is 0 Å². The molecule has 1 aliphatic heterocycles. The highest BCUT2D eigenvalue weighted by molar-refractivity contribution is 4.87. The molecule has 0 aliphatic carbocycles. The Morgan fingerprint density at radius 3 is 1.18 bits per heavy atom. The molecule has 0 aromatic heterocycles. The molecule has 0 spiro atoms. The second kappa shape index (κ2) is 1.93. The molecular formula is C7H12F2O2. The van der Waals surface area contributed by atoms with E-state index in [1.54, 1.807) is 0 Å². The maximum Gasteiger partial charge on any atom is 0.267 e. The van der Waals surface area contributed by atoms with Gasteiger partial charge in [-0.05, 0) is 13.8 Å². The molecule has 0 aromatic carbocycles. The van der Waals surface area contributed by atoms with Gasteiger partial charge in [0.25, 0.3) is 11.7 Å². The van der Waals surface area contributed by atoms with E-state index in [1.807, 2.05) is 0 Å². The Balaban J connectivity index is 2.89. The number of hydrogen-bond donors (Lipinski definition) is 0. The molecule has 0 N–H and O–H groups in total. The van der Waals surface area contributed by atoms with E-state index in [4.69, 9.17) is 0 Å². The van der Waals surface area contributed by atoms with Crippen molar-refractivity contribution in [3.63, 3.8) is 0 Å². The van der Waals surface area contributed by atoms with Gasteiger partial charge in [-0.3, -0.25) is 0 Å². The van der Waals surface area contributed by atoms with E-state index in [-0.39, 0.29) is 0 Å². The van der Waals surface area contributed by atoms with Crippen LogP contribution in [0.3, 0.4) is 0 Å². The number of hydrogen-bond acceptors (Lipinski definition) is 2. The standard InChI is InChI=1S/C7H12F2O2/c1-5(2)10-6(3,8)7(4,9)11-5/h1-4H3. The quantitative estimate of drug-likeness (QED) is 0.549. The summed E-state index contributed by atoms with van der Waals surface area (Å²) in [6, 6.07) is 0. The Hall–Kier alpha value is -0.220. The Labute approximate surface area is 64.5 Å². The van der Waals surface area contributed by atoms with Crippen LogP contribution >= 0.6 is 0 Å². The summed E-state index contributed by atoms with van der Waals surface area (Å²) in [4.78, 5) is 0. The van der Waals surface area contributed by atoms with Crippen LogP contribution in [0.25, 0.3) is 0 Å². The van der Waals surface area contributed by atoms with Gasteiger partial charge in [-0.25, -0.2) is 8.78 Å². The lowest BCUT2D eigenvalue weighted by Crippen LogP contribution is -2.39. The van der Waals surface area contributed by atoms with Gasteiger partial charge in [0.1, 0.15) is 0 Å². The molecule has 0 saturated carbocycles. The second-order valence-electron chi connectivity index (χ2n) is 3.44. The fourth-order valence-corrected chi connectivity index (χ4v) is 1.13. The minimum Gasteiger partial charge on any atom is -0.309 e. The summed E-state index contributed by atoms with van der Waals surface area (Å²) in [5.41, 5.74) is 0. The minimum atomic E-state index is -2.36. The summed E-state index contributed by atoms with van der Waals surface area (Å²) in [5, 5.41) is 0. The monoisotopic (exact) mass is 166 g/mol. The number of alkyl halides is 2.